The van der Waals surface area contributed by atoms with Crippen LogP contribution in [0.3, 0.4) is 0 Å². The standard InChI is InChI=1S/C67H112O5/c1-3-5-7-9-11-13-15-17-19-21-23-25-26-27-28-29-30-31-32-33-34-35-36-37-38-39-40-42-43-45-47-49-51-53-55-57-59-61-66(69)71-64-65(63-68)72-67(70)62-60-58-56-54-52-50-48-46-44-41-24-22-20-18-16-14-12-10-8-6-4-2/h5-8,11-14,17-20,23-25,41,46,48,52,54,65,68H,3-4,9-10,15-16,21-22,26-40,42-45,47,49-51,53,55-64H2,1-2H3/b7-5-,8-6-,13-11-,14-12-,19-17-,20-18-,25-23-,41-24-,48-46-,54-52-. The molecule has 0 bridgehead atoms. The third-order valence-corrected chi connectivity index (χ3v) is 12.8. The van der Waals surface area contributed by atoms with Crippen LogP contribution in [0.1, 0.15) is 271 Å². The number of ether oxygens (including phenoxy) is 2. The van der Waals surface area contributed by atoms with Gasteiger partial charge in [-0.3, -0.25) is 9.59 Å². The van der Waals surface area contributed by atoms with Crippen molar-refractivity contribution in [3.63, 3.8) is 0 Å². The minimum absolute atomic E-state index is 0.0874. The molecule has 0 amide bonds. The predicted molar refractivity (Wildman–Crippen MR) is 315 cm³/mol. The highest BCUT2D eigenvalue weighted by molar-refractivity contribution is 5.70. The van der Waals surface area contributed by atoms with Gasteiger partial charge in [-0.25, -0.2) is 0 Å². The van der Waals surface area contributed by atoms with Gasteiger partial charge >= 0.3 is 11.9 Å². The number of allylic oxidation sites excluding steroid dienone is 20. The molecule has 0 aliphatic rings. The molecule has 0 aliphatic carbocycles. The quantitative estimate of drug-likeness (QED) is 0.0373. The smallest absolute Gasteiger partial charge is 0.306 e. The van der Waals surface area contributed by atoms with E-state index in [1.807, 2.05) is 0 Å². The van der Waals surface area contributed by atoms with Crippen LogP contribution in [-0.2, 0) is 19.1 Å². The van der Waals surface area contributed by atoms with Gasteiger partial charge in [0.15, 0.2) is 6.10 Å². The number of hydrogen-bond acceptors (Lipinski definition) is 5. The number of rotatable bonds is 54. The molecular weight excluding hydrogens is 885 g/mol. The largest absolute Gasteiger partial charge is 0.462 e. The first-order valence-corrected chi connectivity index (χ1v) is 30.1. The van der Waals surface area contributed by atoms with Crippen molar-refractivity contribution in [3.05, 3.63) is 122 Å². The Morgan fingerprint density at radius 1 is 0.319 bits per heavy atom. The molecule has 0 aliphatic heterocycles. The van der Waals surface area contributed by atoms with Gasteiger partial charge in [-0.15, -0.1) is 0 Å². The second kappa shape index (κ2) is 61.6. The summed E-state index contributed by atoms with van der Waals surface area (Å²) in [5, 5.41) is 9.65. The number of hydrogen-bond donors (Lipinski definition) is 1. The lowest BCUT2D eigenvalue weighted by molar-refractivity contribution is -0.161. The van der Waals surface area contributed by atoms with E-state index in [0.29, 0.717) is 12.8 Å². The van der Waals surface area contributed by atoms with Gasteiger partial charge < -0.3 is 14.6 Å². The lowest BCUT2D eigenvalue weighted by atomic mass is 10.0. The monoisotopic (exact) mass is 997 g/mol. The number of esters is 2. The second-order valence-corrected chi connectivity index (χ2v) is 19.7. The van der Waals surface area contributed by atoms with E-state index in [1.54, 1.807) is 0 Å². The predicted octanol–water partition coefficient (Wildman–Crippen LogP) is 20.6. The molecule has 0 rings (SSSR count). The summed E-state index contributed by atoms with van der Waals surface area (Å²) in [6.07, 6.45) is 90.6. The van der Waals surface area contributed by atoms with Crippen LogP contribution in [0.4, 0.5) is 0 Å². The lowest BCUT2D eigenvalue weighted by Crippen LogP contribution is -2.28. The Hall–Kier alpha value is -3.70. The van der Waals surface area contributed by atoms with Crippen molar-refractivity contribution in [3.8, 4) is 0 Å². The third kappa shape index (κ3) is 58.9. The van der Waals surface area contributed by atoms with Crippen molar-refractivity contribution in [1.82, 2.24) is 0 Å². The van der Waals surface area contributed by atoms with E-state index in [4.69, 9.17) is 9.47 Å². The fourth-order valence-corrected chi connectivity index (χ4v) is 8.32. The fraction of sp³-hybridized carbons (Fsp3) is 0.672. The lowest BCUT2D eigenvalue weighted by Gasteiger charge is -2.15. The molecule has 5 nitrogen and oxygen atoms in total. The summed E-state index contributed by atoms with van der Waals surface area (Å²) in [6.45, 7) is 3.89. The van der Waals surface area contributed by atoms with Crippen LogP contribution in [0.15, 0.2) is 122 Å². The van der Waals surface area contributed by atoms with Crippen molar-refractivity contribution in [2.24, 2.45) is 0 Å². The van der Waals surface area contributed by atoms with Crippen LogP contribution in [0, 0.1) is 0 Å². The highest BCUT2D eigenvalue weighted by Gasteiger charge is 2.16. The van der Waals surface area contributed by atoms with Gasteiger partial charge in [-0.05, 0) is 103 Å². The number of carbonyl (C=O) groups excluding carboxylic acids is 2. The maximum atomic E-state index is 12.3. The van der Waals surface area contributed by atoms with E-state index in [1.165, 1.54) is 141 Å². The molecular formula is C67H112O5. The van der Waals surface area contributed by atoms with Crippen LogP contribution in [0.2, 0.25) is 0 Å². The Morgan fingerprint density at radius 3 is 0.861 bits per heavy atom. The van der Waals surface area contributed by atoms with Crippen LogP contribution >= 0.6 is 0 Å². The van der Waals surface area contributed by atoms with E-state index in [0.717, 1.165) is 103 Å². The van der Waals surface area contributed by atoms with Crippen molar-refractivity contribution in [1.29, 1.82) is 0 Å². The minimum Gasteiger partial charge on any atom is -0.462 e. The summed E-state index contributed by atoms with van der Waals surface area (Å²) in [6, 6.07) is 0. The van der Waals surface area contributed by atoms with Crippen LogP contribution in [-0.4, -0.2) is 36.4 Å². The van der Waals surface area contributed by atoms with Crippen molar-refractivity contribution in [2.45, 2.75) is 277 Å². The molecule has 0 aromatic heterocycles. The molecule has 1 N–H and O–H groups in total. The Balaban J connectivity index is 3.48. The summed E-state index contributed by atoms with van der Waals surface area (Å²) in [4.78, 5) is 24.5. The molecule has 1 atom stereocenters. The molecule has 0 aromatic carbocycles. The number of unbranched alkanes of at least 4 members (excludes halogenated alkanes) is 26. The topological polar surface area (TPSA) is 72.8 Å². The normalized spacial score (nSPS) is 13.1. The van der Waals surface area contributed by atoms with Crippen molar-refractivity contribution >= 4 is 11.9 Å². The van der Waals surface area contributed by atoms with Crippen molar-refractivity contribution < 1.29 is 24.2 Å². The first-order valence-electron chi connectivity index (χ1n) is 30.1. The SMILES string of the molecule is CC/C=C\C/C=C\C/C=C\C/C=C\C/C=C\C/C=C\CCCCC(=O)OC(CO)COC(=O)CCCCCCCCCCCCCCCCCCCCCCCCCC/C=C\C/C=C\C/C=C\C/C=C\CC. The Kier molecular flexibility index (Phi) is 58.4. The fourth-order valence-electron chi connectivity index (χ4n) is 8.32. The number of carbonyl (C=O) groups is 2. The second-order valence-electron chi connectivity index (χ2n) is 19.7. The summed E-state index contributed by atoms with van der Waals surface area (Å²) in [7, 11) is 0. The molecule has 0 heterocycles. The maximum absolute atomic E-state index is 12.3. The zero-order valence-corrected chi connectivity index (χ0v) is 46.9. The molecule has 410 valence electrons. The van der Waals surface area contributed by atoms with Gasteiger partial charge in [-0.2, -0.15) is 0 Å². The van der Waals surface area contributed by atoms with E-state index in [-0.39, 0.29) is 25.2 Å². The van der Waals surface area contributed by atoms with Gasteiger partial charge in [0.05, 0.1) is 6.61 Å². The molecule has 1 unspecified atom stereocenters. The molecule has 72 heavy (non-hydrogen) atoms. The zero-order chi connectivity index (χ0) is 52.0. The summed E-state index contributed by atoms with van der Waals surface area (Å²) in [5.74, 6) is -0.639. The van der Waals surface area contributed by atoms with Gasteiger partial charge in [0.2, 0.25) is 0 Å². The zero-order valence-electron chi connectivity index (χ0n) is 46.9. The van der Waals surface area contributed by atoms with E-state index < -0.39 is 6.10 Å². The van der Waals surface area contributed by atoms with Gasteiger partial charge in [0, 0.05) is 12.8 Å². The van der Waals surface area contributed by atoms with Gasteiger partial charge in [0.1, 0.15) is 6.61 Å². The van der Waals surface area contributed by atoms with E-state index in [9.17, 15) is 14.7 Å². The molecule has 0 saturated carbocycles. The first-order chi connectivity index (χ1) is 35.6. The molecule has 5 heteroatoms. The molecule has 0 saturated heterocycles. The number of aliphatic hydroxyl groups excluding tert-OH is 1. The van der Waals surface area contributed by atoms with Crippen LogP contribution in [0.25, 0.3) is 0 Å². The average Bonchev–Trinajstić information content (AvgIpc) is 3.38. The first kappa shape index (κ1) is 68.3. The summed E-state index contributed by atoms with van der Waals surface area (Å²) in [5.41, 5.74) is 0. The Bertz CT molecular complexity index is 1450. The molecule has 0 radical (unpaired) electrons. The minimum atomic E-state index is -0.802. The van der Waals surface area contributed by atoms with Gasteiger partial charge in [0.25, 0.3) is 0 Å². The summed E-state index contributed by atoms with van der Waals surface area (Å²) >= 11 is 0. The molecule has 0 spiro atoms. The van der Waals surface area contributed by atoms with Gasteiger partial charge in [-0.1, -0.05) is 277 Å². The van der Waals surface area contributed by atoms with E-state index in [2.05, 4.69) is 135 Å². The maximum Gasteiger partial charge on any atom is 0.306 e. The van der Waals surface area contributed by atoms with E-state index >= 15 is 0 Å². The highest BCUT2D eigenvalue weighted by atomic mass is 16.6. The Morgan fingerprint density at radius 2 is 0.556 bits per heavy atom. The average molecular weight is 998 g/mol. The third-order valence-electron chi connectivity index (χ3n) is 12.8. The molecule has 0 fully saturated rings. The Labute approximate surface area is 445 Å². The highest BCUT2D eigenvalue weighted by Crippen LogP contribution is 2.17. The van der Waals surface area contributed by atoms with Crippen LogP contribution < -0.4 is 0 Å². The van der Waals surface area contributed by atoms with Crippen LogP contribution in [0.5, 0.6) is 0 Å². The summed E-state index contributed by atoms with van der Waals surface area (Å²) < 4.78 is 10.7. The number of aliphatic hydroxyl groups is 1. The van der Waals surface area contributed by atoms with Crippen molar-refractivity contribution in [2.75, 3.05) is 13.2 Å². The molecule has 0 aromatic rings.